The van der Waals surface area contributed by atoms with Crippen LogP contribution in [-0.4, -0.2) is 33.6 Å². The van der Waals surface area contributed by atoms with Gasteiger partial charge in [-0.25, -0.2) is 4.21 Å². The molecule has 0 spiro atoms. The fraction of sp³-hybridized carbons (Fsp3) is 0.480. The largest absolute Gasteiger partial charge is 0.430 e. The van der Waals surface area contributed by atoms with Crippen LogP contribution in [0.1, 0.15) is 54.5 Å². The second-order valence-electron chi connectivity index (χ2n) is 9.10. The Kier molecular flexibility index (Phi) is 9.07. The van der Waals surface area contributed by atoms with Gasteiger partial charge in [-0.3, -0.25) is 4.79 Å². The van der Waals surface area contributed by atoms with Crippen LogP contribution in [-0.2, 0) is 32.6 Å². The molecule has 1 saturated carbocycles. The Bertz CT molecular complexity index is 1070. The Hall–Kier alpha value is -2.44. The molecule has 0 saturated heterocycles. The topological polar surface area (TPSA) is 75.6 Å². The highest BCUT2D eigenvalue weighted by Gasteiger charge is 2.73. The highest BCUT2D eigenvalue weighted by atomic mass is 32.2. The third kappa shape index (κ3) is 6.71. The lowest BCUT2D eigenvalue weighted by atomic mass is 9.91. The zero-order chi connectivity index (χ0) is 27.4. The van der Waals surface area contributed by atoms with Crippen molar-refractivity contribution in [3.05, 3.63) is 65.2 Å². The second kappa shape index (κ2) is 11.5. The number of benzene rings is 2. The van der Waals surface area contributed by atoms with Gasteiger partial charge >= 0.3 is 12.4 Å². The maximum absolute atomic E-state index is 14.0. The van der Waals surface area contributed by atoms with Crippen LogP contribution in [0, 0.1) is 5.92 Å². The summed E-state index contributed by atoms with van der Waals surface area (Å²) in [6.45, 7) is 0.900. The molecule has 37 heavy (non-hydrogen) atoms. The zero-order valence-electron chi connectivity index (χ0n) is 19.9. The maximum atomic E-state index is 14.0. The van der Waals surface area contributed by atoms with Gasteiger partial charge in [0.25, 0.3) is 5.60 Å². The molecule has 2 aromatic carbocycles. The number of ether oxygens (including phenoxy) is 1. The van der Waals surface area contributed by atoms with E-state index < -0.39 is 52.4 Å². The van der Waals surface area contributed by atoms with Crippen LogP contribution in [0.4, 0.5) is 32.0 Å². The van der Waals surface area contributed by atoms with Gasteiger partial charge in [0.15, 0.2) is 11.1 Å². The number of anilines is 1. The standard InChI is InChI=1S/C25H27F6NO4S/c1-16(37(34)35)19-8-6-17(7-9-19)14-22(33)32-21-12-10-20(11-13-21)23(24(26,27)28,25(29,30)31)36-15-18-4-2-3-5-18/h6-13,16,18H,2-5,14-15H2,1H3,(H,32,33)(H,34,35). The molecule has 2 atom stereocenters. The van der Waals surface area contributed by atoms with Crippen molar-refractivity contribution in [1.29, 1.82) is 0 Å². The van der Waals surface area contributed by atoms with Crippen molar-refractivity contribution < 1.29 is 44.6 Å². The number of nitrogens with one attached hydrogen (secondary N) is 1. The van der Waals surface area contributed by atoms with Crippen molar-refractivity contribution in [1.82, 2.24) is 0 Å². The Morgan fingerprint density at radius 1 is 1.00 bits per heavy atom. The first-order valence-electron chi connectivity index (χ1n) is 11.6. The molecule has 1 fully saturated rings. The summed E-state index contributed by atoms with van der Waals surface area (Å²) >= 11 is -2.06. The normalized spacial score (nSPS) is 17.0. The molecular formula is C25H27F6NO4S. The Morgan fingerprint density at radius 3 is 2.03 bits per heavy atom. The molecule has 1 aliphatic carbocycles. The third-order valence-electron chi connectivity index (χ3n) is 6.50. The van der Waals surface area contributed by atoms with E-state index in [1.807, 2.05) is 0 Å². The van der Waals surface area contributed by atoms with Crippen LogP contribution in [0.3, 0.4) is 0 Å². The Labute approximate surface area is 212 Å². The van der Waals surface area contributed by atoms with E-state index in [1.54, 1.807) is 31.2 Å². The number of hydrogen-bond acceptors (Lipinski definition) is 3. The molecule has 0 aliphatic heterocycles. The van der Waals surface area contributed by atoms with Gasteiger partial charge in [0.1, 0.15) is 0 Å². The number of carbonyl (C=O) groups excluding carboxylic acids is 1. The molecule has 0 aromatic heterocycles. The molecule has 5 nitrogen and oxygen atoms in total. The Morgan fingerprint density at radius 2 is 1.54 bits per heavy atom. The summed E-state index contributed by atoms with van der Waals surface area (Å²) < 4.78 is 109. The maximum Gasteiger partial charge on any atom is 0.430 e. The molecule has 12 heteroatoms. The van der Waals surface area contributed by atoms with Crippen molar-refractivity contribution in [2.45, 2.75) is 62.2 Å². The van der Waals surface area contributed by atoms with Gasteiger partial charge in [-0.05, 0) is 48.9 Å². The van der Waals surface area contributed by atoms with Gasteiger partial charge in [0.05, 0.1) is 18.3 Å². The lowest BCUT2D eigenvalue weighted by Gasteiger charge is -2.38. The number of hydrogen-bond donors (Lipinski definition) is 2. The molecule has 2 aromatic rings. The van der Waals surface area contributed by atoms with Crippen LogP contribution in [0.2, 0.25) is 0 Å². The van der Waals surface area contributed by atoms with Crippen molar-refractivity contribution >= 4 is 22.7 Å². The van der Waals surface area contributed by atoms with Crippen molar-refractivity contribution in [3.63, 3.8) is 0 Å². The summed E-state index contributed by atoms with van der Waals surface area (Å²) in [5, 5.41) is 1.83. The number of carbonyl (C=O) groups is 1. The van der Waals surface area contributed by atoms with Crippen molar-refractivity contribution in [2.75, 3.05) is 11.9 Å². The molecule has 3 rings (SSSR count). The predicted molar refractivity (Wildman–Crippen MR) is 126 cm³/mol. The molecule has 0 heterocycles. The first-order chi connectivity index (χ1) is 17.2. The molecule has 2 N–H and O–H groups in total. The van der Waals surface area contributed by atoms with E-state index in [2.05, 4.69) is 5.32 Å². The van der Waals surface area contributed by atoms with E-state index in [-0.39, 0.29) is 18.0 Å². The van der Waals surface area contributed by atoms with E-state index in [9.17, 15) is 35.3 Å². The van der Waals surface area contributed by atoms with Gasteiger partial charge in [-0.2, -0.15) is 26.3 Å². The predicted octanol–water partition coefficient (Wildman–Crippen LogP) is 6.68. The van der Waals surface area contributed by atoms with E-state index in [0.717, 1.165) is 25.0 Å². The van der Waals surface area contributed by atoms with Gasteiger partial charge in [0, 0.05) is 11.3 Å². The van der Waals surface area contributed by atoms with Crippen LogP contribution in [0.5, 0.6) is 0 Å². The van der Waals surface area contributed by atoms with Gasteiger partial charge in [-0.15, -0.1) is 0 Å². The summed E-state index contributed by atoms with van der Waals surface area (Å²) in [6, 6.07) is 9.63. The highest BCUT2D eigenvalue weighted by molar-refractivity contribution is 7.79. The van der Waals surface area contributed by atoms with E-state index in [0.29, 0.717) is 36.1 Å². The smallest absolute Gasteiger partial charge is 0.354 e. The molecular weight excluding hydrogens is 524 g/mol. The summed E-state index contributed by atoms with van der Waals surface area (Å²) in [5.74, 6) is -0.916. The Balaban J connectivity index is 1.75. The van der Waals surface area contributed by atoms with E-state index in [4.69, 9.17) is 9.29 Å². The second-order valence-corrected chi connectivity index (χ2v) is 10.4. The molecule has 2 unspecified atom stereocenters. The first-order valence-corrected chi connectivity index (χ1v) is 12.8. The van der Waals surface area contributed by atoms with Crippen LogP contribution < -0.4 is 5.32 Å². The first kappa shape index (κ1) is 29.1. The molecule has 1 amide bonds. The van der Waals surface area contributed by atoms with Gasteiger partial charge in [-0.1, -0.05) is 49.2 Å². The van der Waals surface area contributed by atoms with Crippen LogP contribution in [0.15, 0.2) is 48.5 Å². The fourth-order valence-electron chi connectivity index (χ4n) is 4.36. The quantitative estimate of drug-likeness (QED) is 0.269. The highest BCUT2D eigenvalue weighted by Crippen LogP contribution is 2.53. The van der Waals surface area contributed by atoms with Gasteiger partial charge < -0.3 is 14.6 Å². The SMILES string of the molecule is CC(c1ccc(CC(=O)Nc2ccc(C(OCC3CCCC3)(C(F)(F)F)C(F)(F)F)cc2)cc1)S(=O)O. The summed E-state index contributed by atoms with van der Waals surface area (Å²) in [5.41, 5.74) is -4.43. The van der Waals surface area contributed by atoms with Crippen molar-refractivity contribution in [3.8, 4) is 0 Å². The van der Waals surface area contributed by atoms with Crippen LogP contribution >= 0.6 is 0 Å². The monoisotopic (exact) mass is 551 g/mol. The third-order valence-corrected chi connectivity index (χ3v) is 7.38. The fourth-order valence-corrected chi connectivity index (χ4v) is 4.75. The average Bonchev–Trinajstić information content (AvgIpc) is 3.32. The summed E-state index contributed by atoms with van der Waals surface area (Å²) in [4.78, 5) is 12.4. The van der Waals surface area contributed by atoms with E-state index in [1.165, 1.54) is 0 Å². The molecule has 204 valence electrons. The minimum atomic E-state index is -5.76. The lowest BCUT2D eigenvalue weighted by molar-refractivity contribution is -0.391. The molecule has 0 radical (unpaired) electrons. The lowest BCUT2D eigenvalue weighted by Crippen LogP contribution is -2.56. The number of rotatable bonds is 9. The molecule has 0 bridgehead atoms. The summed E-state index contributed by atoms with van der Waals surface area (Å²) in [7, 11) is 0. The number of alkyl halides is 6. The zero-order valence-corrected chi connectivity index (χ0v) is 20.7. The van der Waals surface area contributed by atoms with E-state index >= 15 is 0 Å². The minimum Gasteiger partial charge on any atom is -0.354 e. The molecule has 1 aliphatic rings. The number of amides is 1. The summed E-state index contributed by atoms with van der Waals surface area (Å²) in [6.07, 6.45) is -9.15. The van der Waals surface area contributed by atoms with Crippen molar-refractivity contribution in [2.24, 2.45) is 5.92 Å². The number of halogens is 6. The van der Waals surface area contributed by atoms with Gasteiger partial charge in [0.2, 0.25) is 5.91 Å². The average molecular weight is 552 g/mol. The van der Waals surface area contributed by atoms with Crippen LogP contribution in [0.25, 0.3) is 0 Å². The minimum absolute atomic E-state index is 0.0173.